The number of nitrogens with one attached hydrogen (secondary N) is 1. The van der Waals surface area contributed by atoms with Crippen LogP contribution in [0.4, 0.5) is 5.82 Å². The number of anilines is 1. The minimum Gasteiger partial charge on any atom is -0.376 e. The summed E-state index contributed by atoms with van der Waals surface area (Å²) in [5.41, 5.74) is 3.10. The molecule has 0 radical (unpaired) electrons. The van der Waals surface area contributed by atoms with Gasteiger partial charge in [0.15, 0.2) is 5.82 Å². The maximum absolute atomic E-state index is 6.07. The fourth-order valence-corrected chi connectivity index (χ4v) is 2.57. The van der Waals surface area contributed by atoms with E-state index in [1.807, 2.05) is 24.3 Å². The minimum absolute atomic E-state index is 0.581. The molecule has 0 aliphatic carbocycles. The van der Waals surface area contributed by atoms with Crippen molar-refractivity contribution in [1.82, 2.24) is 9.97 Å². The number of rotatable bonds is 4. The molecule has 2 aromatic rings. The molecule has 1 aliphatic rings. The Labute approximate surface area is 129 Å². The van der Waals surface area contributed by atoms with Gasteiger partial charge in [-0.2, -0.15) is 0 Å². The van der Waals surface area contributed by atoms with Gasteiger partial charge in [0.25, 0.3) is 0 Å². The largest absolute Gasteiger partial charge is 0.376 e. The zero-order chi connectivity index (χ0) is 14.7. The molecule has 4 nitrogen and oxygen atoms in total. The normalized spacial score (nSPS) is 13.8. The highest BCUT2D eigenvalue weighted by Crippen LogP contribution is 2.27. The van der Waals surface area contributed by atoms with Crippen molar-refractivity contribution >= 4 is 17.4 Å². The SMILES string of the molecule is CCCNc1nc(-c2cccc(Cl)c2)nc2c1COCC2. The number of hydrogen-bond donors (Lipinski definition) is 1. The van der Waals surface area contributed by atoms with Crippen LogP contribution in [0.3, 0.4) is 0 Å². The van der Waals surface area contributed by atoms with Crippen LogP contribution in [-0.2, 0) is 17.8 Å². The summed E-state index contributed by atoms with van der Waals surface area (Å²) >= 11 is 6.07. The Morgan fingerprint density at radius 2 is 2.24 bits per heavy atom. The number of aromatic nitrogens is 2. The molecule has 0 fully saturated rings. The maximum Gasteiger partial charge on any atom is 0.161 e. The Hall–Kier alpha value is -1.65. The van der Waals surface area contributed by atoms with Gasteiger partial charge in [-0.3, -0.25) is 0 Å². The lowest BCUT2D eigenvalue weighted by atomic mass is 10.1. The van der Waals surface area contributed by atoms with Crippen molar-refractivity contribution in [3.05, 3.63) is 40.5 Å². The van der Waals surface area contributed by atoms with E-state index in [1.165, 1.54) is 0 Å². The number of fused-ring (bicyclic) bond motifs is 1. The maximum atomic E-state index is 6.07. The molecule has 1 aromatic carbocycles. The highest BCUT2D eigenvalue weighted by atomic mass is 35.5. The highest BCUT2D eigenvalue weighted by Gasteiger charge is 2.18. The van der Waals surface area contributed by atoms with Crippen LogP contribution in [0.25, 0.3) is 11.4 Å². The van der Waals surface area contributed by atoms with Crippen molar-refractivity contribution in [2.45, 2.75) is 26.4 Å². The first-order valence-corrected chi connectivity index (χ1v) is 7.63. The van der Waals surface area contributed by atoms with Crippen molar-refractivity contribution in [2.75, 3.05) is 18.5 Å². The van der Waals surface area contributed by atoms with Gasteiger partial charge in [-0.05, 0) is 18.6 Å². The van der Waals surface area contributed by atoms with Gasteiger partial charge in [0, 0.05) is 29.1 Å². The van der Waals surface area contributed by atoms with Gasteiger partial charge >= 0.3 is 0 Å². The fraction of sp³-hybridized carbons (Fsp3) is 0.375. The Morgan fingerprint density at radius 1 is 1.33 bits per heavy atom. The standard InChI is InChI=1S/C16H18ClN3O/c1-2-7-18-16-13-10-21-8-6-14(13)19-15(20-16)11-4-3-5-12(17)9-11/h3-5,9H,2,6-8,10H2,1H3,(H,18,19,20). The number of benzene rings is 1. The van der Waals surface area contributed by atoms with Gasteiger partial charge < -0.3 is 10.1 Å². The quantitative estimate of drug-likeness (QED) is 0.935. The molecule has 1 aromatic heterocycles. The molecule has 0 spiro atoms. The Bertz CT molecular complexity index is 645. The van der Waals surface area contributed by atoms with Crippen molar-refractivity contribution < 1.29 is 4.74 Å². The van der Waals surface area contributed by atoms with E-state index in [1.54, 1.807) is 0 Å². The molecular weight excluding hydrogens is 286 g/mol. The van der Waals surface area contributed by atoms with Crippen LogP contribution in [0.5, 0.6) is 0 Å². The van der Waals surface area contributed by atoms with E-state index in [0.717, 1.165) is 47.8 Å². The molecule has 5 heteroatoms. The van der Waals surface area contributed by atoms with Crippen LogP contribution < -0.4 is 5.32 Å². The topological polar surface area (TPSA) is 47.0 Å². The van der Waals surface area contributed by atoms with Gasteiger partial charge in [-0.1, -0.05) is 30.7 Å². The lowest BCUT2D eigenvalue weighted by molar-refractivity contribution is 0.109. The molecule has 21 heavy (non-hydrogen) atoms. The average Bonchev–Trinajstić information content (AvgIpc) is 2.52. The predicted octanol–water partition coefficient (Wildman–Crippen LogP) is 3.69. The Kier molecular flexibility index (Phi) is 4.36. The second-order valence-corrected chi connectivity index (χ2v) is 5.50. The predicted molar refractivity (Wildman–Crippen MR) is 84.6 cm³/mol. The van der Waals surface area contributed by atoms with E-state index in [9.17, 15) is 0 Å². The summed E-state index contributed by atoms with van der Waals surface area (Å²) in [6.45, 7) is 4.32. The minimum atomic E-state index is 0.581. The molecule has 110 valence electrons. The van der Waals surface area contributed by atoms with Crippen molar-refractivity contribution in [1.29, 1.82) is 0 Å². The lowest BCUT2D eigenvalue weighted by Crippen LogP contribution is -2.17. The van der Waals surface area contributed by atoms with Crippen LogP contribution in [0.15, 0.2) is 24.3 Å². The van der Waals surface area contributed by atoms with Crippen LogP contribution in [0, 0.1) is 0 Å². The number of ether oxygens (including phenoxy) is 1. The molecule has 3 rings (SSSR count). The van der Waals surface area contributed by atoms with E-state index in [4.69, 9.17) is 21.3 Å². The van der Waals surface area contributed by atoms with Crippen LogP contribution in [-0.4, -0.2) is 23.1 Å². The van der Waals surface area contributed by atoms with E-state index < -0.39 is 0 Å². The molecule has 1 aliphatic heterocycles. The molecule has 0 bridgehead atoms. The van der Waals surface area contributed by atoms with Crippen LogP contribution in [0.2, 0.25) is 5.02 Å². The third kappa shape index (κ3) is 3.17. The Morgan fingerprint density at radius 3 is 3.05 bits per heavy atom. The zero-order valence-corrected chi connectivity index (χ0v) is 12.8. The average molecular weight is 304 g/mol. The van der Waals surface area contributed by atoms with E-state index in [-0.39, 0.29) is 0 Å². The number of nitrogens with zero attached hydrogens (tertiary/aromatic N) is 2. The second-order valence-electron chi connectivity index (χ2n) is 5.06. The highest BCUT2D eigenvalue weighted by molar-refractivity contribution is 6.30. The molecule has 2 heterocycles. The van der Waals surface area contributed by atoms with Crippen LogP contribution in [0.1, 0.15) is 24.6 Å². The smallest absolute Gasteiger partial charge is 0.161 e. The Balaban J connectivity index is 2.05. The molecule has 0 saturated carbocycles. The van der Waals surface area contributed by atoms with Crippen molar-refractivity contribution in [3.63, 3.8) is 0 Å². The van der Waals surface area contributed by atoms with Crippen LogP contribution >= 0.6 is 11.6 Å². The third-order valence-electron chi connectivity index (χ3n) is 3.45. The summed E-state index contributed by atoms with van der Waals surface area (Å²) in [4.78, 5) is 9.38. The summed E-state index contributed by atoms with van der Waals surface area (Å²) < 4.78 is 5.54. The molecule has 0 atom stereocenters. The van der Waals surface area contributed by atoms with Gasteiger partial charge in [-0.15, -0.1) is 0 Å². The molecular formula is C16H18ClN3O. The molecule has 0 amide bonds. The third-order valence-corrected chi connectivity index (χ3v) is 3.68. The summed E-state index contributed by atoms with van der Waals surface area (Å²) in [6.07, 6.45) is 1.87. The van der Waals surface area contributed by atoms with E-state index in [0.29, 0.717) is 18.2 Å². The summed E-state index contributed by atoms with van der Waals surface area (Å²) in [5.74, 6) is 1.60. The first-order valence-electron chi connectivity index (χ1n) is 7.25. The molecule has 0 saturated heterocycles. The summed E-state index contributed by atoms with van der Waals surface area (Å²) in [5, 5.41) is 4.08. The number of hydrogen-bond acceptors (Lipinski definition) is 4. The second kappa shape index (κ2) is 6.41. The number of halogens is 1. The van der Waals surface area contributed by atoms with E-state index >= 15 is 0 Å². The first kappa shape index (κ1) is 14.3. The van der Waals surface area contributed by atoms with Crippen molar-refractivity contribution in [2.24, 2.45) is 0 Å². The van der Waals surface area contributed by atoms with Gasteiger partial charge in [0.2, 0.25) is 0 Å². The fourth-order valence-electron chi connectivity index (χ4n) is 2.38. The first-order chi connectivity index (χ1) is 10.3. The lowest BCUT2D eigenvalue weighted by Gasteiger charge is -2.20. The molecule has 0 unspecified atom stereocenters. The monoisotopic (exact) mass is 303 g/mol. The summed E-state index contributed by atoms with van der Waals surface area (Å²) in [6, 6.07) is 7.65. The van der Waals surface area contributed by atoms with Gasteiger partial charge in [0.05, 0.1) is 18.9 Å². The zero-order valence-electron chi connectivity index (χ0n) is 12.0. The van der Waals surface area contributed by atoms with Crippen molar-refractivity contribution in [3.8, 4) is 11.4 Å². The van der Waals surface area contributed by atoms with Gasteiger partial charge in [-0.25, -0.2) is 9.97 Å². The van der Waals surface area contributed by atoms with Gasteiger partial charge in [0.1, 0.15) is 5.82 Å². The summed E-state index contributed by atoms with van der Waals surface area (Å²) in [7, 11) is 0. The molecule has 1 N–H and O–H groups in total. The van der Waals surface area contributed by atoms with E-state index in [2.05, 4.69) is 17.2 Å².